The molecule has 1 aromatic heterocycles. The maximum Gasteiger partial charge on any atom is 0.266 e. The van der Waals surface area contributed by atoms with Gasteiger partial charge in [0.1, 0.15) is 10.9 Å². The summed E-state index contributed by atoms with van der Waals surface area (Å²) in [5.41, 5.74) is 7.49. The van der Waals surface area contributed by atoms with E-state index < -0.39 is 11.9 Å². The Kier molecular flexibility index (Phi) is 5.15. The molecule has 2 aromatic rings. The maximum atomic E-state index is 12.9. The van der Waals surface area contributed by atoms with Crippen LogP contribution in [0.5, 0.6) is 0 Å². The first-order valence-electron chi connectivity index (χ1n) is 8.26. The molecule has 1 atom stereocenters. The molecule has 0 saturated carbocycles. The molecule has 7 heteroatoms. The first kappa shape index (κ1) is 17.6. The van der Waals surface area contributed by atoms with E-state index in [9.17, 15) is 9.59 Å². The molecule has 6 nitrogen and oxygen atoms in total. The summed E-state index contributed by atoms with van der Waals surface area (Å²) in [6, 6.07) is 9.46. The van der Waals surface area contributed by atoms with E-state index in [1.165, 1.54) is 16.9 Å². The second-order valence-corrected chi connectivity index (χ2v) is 7.49. The van der Waals surface area contributed by atoms with E-state index in [4.69, 9.17) is 5.73 Å². The van der Waals surface area contributed by atoms with Crippen LogP contribution in [0.25, 0.3) is 0 Å². The number of aryl methyl sites for hydroxylation is 2. The number of aromatic nitrogens is 1. The lowest BCUT2D eigenvalue weighted by Crippen LogP contribution is -2.59. The third-order valence-electron chi connectivity index (χ3n) is 4.40. The van der Waals surface area contributed by atoms with Gasteiger partial charge in [-0.2, -0.15) is 0 Å². The number of hydrogen-bond acceptors (Lipinski definition) is 5. The molecule has 1 unspecified atom stereocenters. The summed E-state index contributed by atoms with van der Waals surface area (Å²) in [6.07, 6.45) is 0. The van der Waals surface area contributed by atoms with Gasteiger partial charge in [-0.15, -0.1) is 11.3 Å². The number of carbonyl (C=O) groups excluding carboxylic acids is 2. The lowest BCUT2D eigenvalue weighted by Gasteiger charge is -2.39. The largest absolute Gasteiger partial charge is 0.368 e. The topological polar surface area (TPSA) is 79.5 Å². The van der Waals surface area contributed by atoms with Crippen molar-refractivity contribution < 1.29 is 9.59 Å². The Morgan fingerprint density at radius 1 is 1.24 bits per heavy atom. The van der Waals surface area contributed by atoms with E-state index in [2.05, 4.69) is 22.0 Å². The first-order chi connectivity index (χ1) is 12.0. The summed E-state index contributed by atoms with van der Waals surface area (Å²) < 4.78 is 0. The average molecular weight is 358 g/mol. The number of piperazine rings is 1. The number of rotatable bonds is 4. The zero-order chi connectivity index (χ0) is 18.0. The van der Waals surface area contributed by atoms with Crippen LogP contribution in [0.15, 0.2) is 30.3 Å². The molecule has 0 aliphatic carbocycles. The van der Waals surface area contributed by atoms with Gasteiger partial charge in [-0.05, 0) is 19.4 Å². The number of hydrogen-bond donors (Lipinski definition) is 1. The molecule has 25 heavy (non-hydrogen) atoms. The van der Waals surface area contributed by atoms with Crippen molar-refractivity contribution in [3.63, 3.8) is 0 Å². The van der Waals surface area contributed by atoms with E-state index in [0.29, 0.717) is 30.2 Å². The fourth-order valence-electron chi connectivity index (χ4n) is 3.17. The van der Waals surface area contributed by atoms with Crippen molar-refractivity contribution in [1.29, 1.82) is 0 Å². The van der Waals surface area contributed by atoms with Crippen LogP contribution in [-0.2, 0) is 11.3 Å². The van der Waals surface area contributed by atoms with Crippen LogP contribution in [0.2, 0.25) is 0 Å². The second kappa shape index (κ2) is 7.33. The summed E-state index contributed by atoms with van der Waals surface area (Å²) in [5.74, 6) is -0.615. The van der Waals surface area contributed by atoms with Gasteiger partial charge in [0.15, 0.2) is 0 Å². The minimum Gasteiger partial charge on any atom is -0.368 e. The fraction of sp³-hybridized carbons (Fsp3) is 0.389. The van der Waals surface area contributed by atoms with Crippen molar-refractivity contribution in [2.75, 3.05) is 19.6 Å². The van der Waals surface area contributed by atoms with Crippen LogP contribution < -0.4 is 5.73 Å². The Labute approximate surface area is 151 Å². The van der Waals surface area contributed by atoms with Crippen molar-refractivity contribution in [3.8, 4) is 0 Å². The van der Waals surface area contributed by atoms with Gasteiger partial charge in [0.05, 0.1) is 10.7 Å². The molecule has 132 valence electrons. The van der Waals surface area contributed by atoms with Crippen molar-refractivity contribution >= 4 is 23.2 Å². The van der Waals surface area contributed by atoms with Gasteiger partial charge in [-0.1, -0.05) is 30.3 Å². The highest BCUT2D eigenvalue weighted by atomic mass is 32.1. The molecule has 1 aliphatic heterocycles. The smallest absolute Gasteiger partial charge is 0.266 e. The number of nitrogens with two attached hydrogens (primary N) is 1. The molecular formula is C18H22N4O2S. The van der Waals surface area contributed by atoms with Gasteiger partial charge >= 0.3 is 0 Å². The molecule has 1 aromatic carbocycles. The van der Waals surface area contributed by atoms with E-state index in [-0.39, 0.29) is 5.91 Å². The quantitative estimate of drug-likeness (QED) is 0.900. The third kappa shape index (κ3) is 3.88. The summed E-state index contributed by atoms with van der Waals surface area (Å²) >= 11 is 1.37. The van der Waals surface area contributed by atoms with E-state index >= 15 is 0 Å². The highest BCUT2D eigenvalue weighted by Gasteiger charge is 2.35. The van der Waals surface area contributed by atoms with Crippen molar-refractivity contribution in [2.24, 2.45) is 5.73 Å². The van der Waals surface area contributed by atoms with Gasteiger partial charge in [0.2, 0.25) is 5.91 Å². The van der Waals surface area contributed by atoms with Crippen molar-refractivity contribution in [3.05, 3.63) is 51.5 Å². The first-order valence-corrected chi connectivity index (χ1v) is 9.08. The second-order valence-electron chi connectivity index (χ2n) is 6.28. The molecule has 1 aliphatic rings. The summed E-state index contributed by atoms with van der Waals surface area (Å²) in [6.45, 7) is 6.08. The van der Waals surface area contributed by atoms with Crippen molar-refractivity contribution in [1.82, 2.24) is 14.8 Å². The number of nitrogens with zero attached hydrogens (tertiary/aromatic N) is 3. The van der Waals surface area contributed by atoms with Crippen LogP contribution in [0.4, 0.5) is 0 Å². The molecule has 3 rings (SSSR count). The van der Waals surface area contributed by atoms with Gasteiger partial charge in [0.25, 0.3) is 5.91 Å². The highest BCUT2D eigenvalue weighted by molar-refractivity contribution is 7.13. The van der Waals surface area contributed by atoms with E-state index in [1.807, 2.05) is 32.0 Å². The molecular weight excluding hydrogens is 336 g/mol. The Hall–Kier alpha value is -2.25. The Balaban J connectivity index is 1.75. The van der Waals surface area contributed by atoms with E-state index in [1.54, 1.807) is 4.90 Å². The van der Waals surface area contributed by atoms with Crippen LogP contribution in [0.3, 0.4) is 0 Å². The number of thiazole rings is 1. The zero-order valence-corrected chi connectivity index (χ0v) is 15.3. The molecule has 2 amide bonds. The molecule has 1 fully saturated rings. The molecule has 1 saturated heterocycles. The monoisotopic (exact) mass is 358 g/mol. The Bertz CT molecular complexity index is 775. The lowest BCUT2D eigenvalue weighted by atomic mass is 10.1. The van der Waals surface area contributed by atoms with Gasteiger partial charge in [-0.25, -0.2) is 4.98 Å². The minimum atomic E-state index is -0.619. The molecule has 2 heterocycles. The fourth-order valence-corrected chi connectivity index (χ4v) is 4.05. The normalized spacial score (nSPS) is 18.3. The Morgan fingerprint density at radius 2 is 1.96 bits per heavy atom. The summed E-state index contributed by atoms with van der Waals surface area (Å²) in [4.78, 5) is 33.5. The van der Waals surface area contributed by atoms with Crippen LogP contribution in [0.1, 0.15) is 25.9 Å². The molecule has 0 spiro atoms. The van der Waals surface area contributed by atoms with Crippen LogP contribution in [0, 0.1) is 13.8 Å². The van der Waals surface area contributed by atoms with Gasteiger partial charge in [0, 0.05) is 26.2 Å². The zero-order valence-electron chi connectivity index (χ0n) is 14.4. The number of primary amides is 1. The number of benzene rings is 1. The predicted molar refractivity (Wildman–Crippen MR) is 97.3 cm³/mol. The summed E-state index contributed by atoms with van der Waals surface area (Å²) in [5, 5.41) is 0.846. The average Bonchev–Trinajstić information content (AvgIpc) is 2.93. The SMILES string of the molecule is Cc1nc(C)c(C(=O)N2CCN(Cc3ccccc3)CC2C(N)=O)s1. The van der Waals surface area contributed by atoms with Gasteiger partial charge < -0.3 is 10.6 Å². The Morgan fingerprint density at radius 3 is 2.56 bits per heavy atom. The van der Waals surface area contributed by atoms with E-state index in [0.717, 1.165) is 11.6 Å². The number of carbonyl (C=O) groups is 2. The maximum absolute atomic E-state index is 12.9. The standard InChI is InChI=1S/C18H22N4O2S/c1-12-16(25-13(2)20-12)18(24)22-9-8-21(11-15(22)17(19)23)10-14-6-4-3-5-7-14/h3-7,15H,8-11H2,1-2H3,(H2,19,23). The van der Waals surface area contributed by atoms with Crippen molar-refractivity contribution in [2.45, 2.75) is 26.4 Å². The molecule has 0 bridgehead atoms. The summed E-state index contributed by atoms with van der Waals surface area (Å²) in [7, 11) is 0. The lowest BCUT2D eigenvalue weighted by molar-refractivity contribution is -0.124. The van der Waals surface area contributed by atoms with Crippen LogP contribution >= 0.6 is 11.3 Å². The van der Waals surface area contributed by atoms with Gasteiger partial charge in [-0.3, -0.25) is 14.5 Å². The minimum absolute atomic E-state index is 0.147. The predicted octanol–water partition coefficient (Wildman–Crippen LogP) is 1.57. The highest BCUT2D eigenvalue weighted by Crippen LogP contribution is 2.22. The molecule has 2 N–H and O–H groups in total. The number of amides is 2. The third-order valence-corrected chi connectivity index (χ3v) is 5.46. The molecule has 0 radical (unpaired) electrons. The van der Waals surface area contributed by atoms with Crippen LogP contribution in [-0.4, -0.2) is 52.3 Å².